The van der Waals surface area contributed by atoms with Crippen LogP contribution in [0.5, 0.6) is 0 Å². The van der Waals surface area contributed by atoms with Crippen LogP contribution in [0.1, 0.15) is 0 Å². The molecule has 2 heterocycles. The summed E-state index contributed by atoms with van der Waals surface area (Å²) in [4.78, 5) is 2.39. The predicted octanol–water partition coefficient (Wildman–Crippen LogP) is 16.1. The van der Waals surface area contributed by atoms with Crippen LogP contribution in [-0.2, 0) is 0 Å². The van der Waals surface area contributed by atoms with E-state index in [0.717, 1.165) is 17.1 Å². The summed E-state index contributed by atoms with van der Waals surface area (Å²) >= 11 is 1.90. The molecule has 0 unspecified atom stereocenters. The van der Waals surface area contributed by atoms with Gasteiger partial charge in [0.1, 0.15) is 0 Å². The smallest absolute Gasteiger partial charge is 0.0727 e. The Hall–Kier alpha value is -7.46. The van der Waals surface area contributed by atoms with Crippen LogP contribution in [0.25, 0.3) is 81.4 Å². The lowest BCUT2D eigenvalue weighted by Crippen LogP contribution is -2.11. The molecule has 11 aromatic rings. The minimum absolute atomic E-state index is 1.10. The second-order valence-corrected chi connectivity index (χ2v) is 15.9. The second-order valence-electron chi connectivity index (χ2n) is 14.9. The van der Waals surface area contributed by atoms with Gasteiger partial charge in [-0.1, -0.05) is 182 Å². The normalized spacial score (nSPS) is 11.4. The van der Waals surface area contributed by atoms with Crippen LogP contribution >= 0.6 is 11.3 Å². The molecule has 0 atom stereocenters. The summed E-state index contributed by atoms with van der Waals surface area (Å²) in [5.74, 6) is 0. The average molecular weight is 771 g/mol. The first kappa shape index (κ1) is 34.8. The number of aromatic nitrogens is 1. The highest BCUT2D eigenvalue weighted by molar-refractivity contribution is 7.27. The van der Waals surface area contributed by atoms with Gasteiger partial charge in [0, 0.05) is 38.1 Å². The van der Waals surface area contributed by atoms with Crippen LogP contribution in [0.2, 0.25) is 0 Å². The van der Waals surface area contributed by atoms with Gasteiger partial charge in [-0.2, -0.15) is 0 Å². The van der Waals surface area contributed by atoms with Crippen molar-refractivity contribution in [3.8, 4) is 50.2 Å². The Morgan fingerprint density at radius 2 is 0.780 bits per heavy atom. The Morgan fingerprint density at radius 3 is 1.44 bits per heavy atom. The van der Waals surface area contributed by atoms with Crippen LogP contribution in [0.4, 0.5) is 17.1 Å². The van der Waals surface area contributed by atoms with E-state index in [-0.39, 0.29) is 0 Å². The molecule has 0 fully saturated rings. The van der Waals surface area contributed by atoms with Crippen molar-refractivity contribution in [3.05, 3.63) is 231 Å². The van der Waals surface area contributed by atoms with Gasteiger partial charge in [0.2, 0.25) is 0 Å². The molecule has 0 bridgehead atoms. The van der Waals surface area contributed by atoms with E-state index in [9.17, 15) is 0 Å². The minimum Gasteiger partial charge on any atom is -0.310 e. The van der Waals surface area contributed by atoms with Crippen molar-refractivity contribution in [2.45, 2.75) is 0 Å². The third kappa shape index (κ3) is 6.20. The van der Waals surface area contributed by atoms with E-state index in [1.807, 2.05) is 11.3 Å². The van der Waals surface area contributed by atoms with Crippen molar-refractivity contribution in [1.82, 2.24) is 4.57 Å². The molecule has 0 saturated heterocycles. The van der Waals surface area contributed by atoms with Crippen molar-refractivity contribution in [1.29, 1.82) is 0 Å². The Labute approximate surface area is 348 Å². The third-order valence-corrected chi connectivity index (χ3v) is 12.7. The SMILES string of the molecule is c1ccc(-c2ccc(-c3ccc(N(c4ccc(-c5cccc6c5sc5c7ccccc7n(-c7ccccc7)c65)cc4)c4ccccc4-c4ccccc4)cc3)cc2)cc1. The molecule has 0 aliphatic rings. The average Bonchev–Trinajstić information content (AvgIpc) is 3.86. The number of anilines is 3. The summed E-state index contributed by atoms with van der Waals surface area (Å²) in [6.45, 7) is 0. The highest BCUT2D eigenvalue weighted by atomic mass is 32.1. The second kappa shape index (κ2) is 14.8. The number of fused-ring (bicyclic) bond motifs is 5. The van der Waals surface area contributed by atoms with E-state index in [0.29, 0.717) is 0 Å². The minimum atomic E-state index is 1.10. The molecule has 0 aliphatic heterocycles. The number of nitrogens with zero attached hydrogens (tertiary/aromatic N) is 2. The molecule has 0 saturated carbocycles. The van der Waals surface area contributed by atoms with Crippen LogP contribution in [-0.4, -0.2) is 4.57 Å². The maximum absolute atomic E-state index is 2.43. The van der Waals surface area contributed by atoms with E-state index in [1.165, 1.54) is 81.4 Å². The van der Waals surface area contributed by atoms with E-state index in [2.05, 4.69) is 240 Å². The quantitative estimate of drug-likeness (QED) is 0.149. The molecule has 0 aliphatic carbocycles. The van der Waals surface area contributed by atoms with Gasteiger partial charge in [0.15, 0.2) is 0 Å². The van der Waals surface area contributed by atoms with Gasteiger partial charge in [-0.05, 0) is 87.5 Å². The Balaban J connectivity index is 1.00. The maximum atomic E-state index is 2.43. The molecule has 0 spiro atoms. The lowest BCUT2D eigenvalue weighted by molar-refractivity contribution is 1.19. The van der Waals surface area contributed by atoms with Crippen LogP contribution in [0, 0.1) is 0 Å². The summed E-state index contributed by atoms with van der Waals surface area (Å²) in [6, 6.07) is 83.3. The molecule has 0 N–H and O–H groups in total. The molecular formula is C56H38N2S. The Morgan fingerprint density at radius 1 is 0.322 bits per heavy atom. The van der Waals surface area contributed by atoms with Gasteiger partial charge >= 0.3 is 0 Å². The summed E-state index contributed by atoms with van der Waals surface area (Å²) in [5, 5.41) is 2.57. The first-order chi connectivity index (χ1) is 29.3. The zero-order valence-electron chi connectivity index (χ0n) is 32.2. The first-order valence-corrected chi connectivity index (χ1v) is 20.9. The zero-order valence-corrected chi connectivity index (χ0v) is 33.1. The molecule has 11 rings (SSSR count). The Kier molecular flexibility index (Phi) is 8.72. The largest absolute Gasteiger partial charge is 0.310 e. The standard InChI is InChI=1S/C56H38N2S/c1-4-15-39(16-5-1)40-27-29-41(30-28-40)42-31-35-46(36-32-42)57(52-25-12-10-21-48(52)43-17-6-2-7-18-43)47-37-33-44(34-38-47)49-23-14-24-51-54-56(59-55(49)51)50-22-11-13-26-53(50)58(54)45-19-8-3-9-20-45/h1-38H. The lowest BCUT2D eigenvalue weighted by Gasteiger charge is -2.28. The summed E-state index contributed by atoms with van der Waals surface area (Å²) in [6.07, 6.45) is 0. The highest BCUT2D eigenvalue weighted by Crippen LogP contribution is 2.47. The third-order valence-electron chi connectivity index (χ3n) is 11.4. The zero-order chi connectivity index (χ0) is 39.1. The van der Waals surface area contributed by atoms with Gasteiger partial charge in [-0.25, -0.2) is 0 Å². The molecule has 2 aromatic heterocycles. The molecule has 3 heteroatoms. The molecule has 278 valence electrons. The molecule has 59 heavy (non-hydrogen) atoms. The number of rotatable bonds is 8. The summed E-state index contributed by atoms with van der Waals surface area (Å²) in [7, 11) is 0. The molecule has 0 amide bonds. The van der Waals surface area contributed by atoms with E-state index < -0.39 is 0 Å². The summed E-state index contributed by atoms with van der Waals surface area (Å²) in [5.41, 5.74) is 16.7. The fourth-order valence-corrected chi connectivity index (χ4v) is 9.96. The fourth-order valence-electron chi connectivity index (χ4n) is 8.60. The molecule has 2 nitrogen and oxygen atoms in total. The molecule has 0 radical (unpaired) electrons. The summed E-state index contributed by atoms with van der Waals surface area (Å²) < 4.78 is 5.06. The van der Waals surface area contributed by atoms with Gasteiger partial charge in [-0.15, -0.1) is 11.3 Å². The monoisotopic (exact) mass is 770 g/mol. The number of thiophene rings is 1. The Bertz CT molecular complexity index is 3220. The number of hydrogen-bond acceptors (Lipinski definition) is 2. The molecule has 9 aromatic carbocycles. The lowest BCUT2D eigenvalue weighted by atomic mass is 9.99. The van der Waals surface area contributed by atoms with Crippen LogP contribution in [0.15, 0.2) is 231 Å². The number of hydrogen-bond donors (Lipinski definition) is 0. The van der Waals surface area contributed by atoms with Crippen molar-refractivity contribution in [3.63, 3.8) is 0 Å². The van der Waals surface area contributed by atoms with Crippen molar-refractivity contribution in [2.24, 2.45) is 0 Å². The van der Waals surface area contributed by atoms with E-state index >= 15 is 0 Å². The molecular weight excluding hydrogens is 733 g/mol. The highest BCUT2D eigenvalue weighted by Gasteiger charge is 2.21. The van der Waals surface area contributed by atoms with Crippen LogP contribution < -0.4 is 4.90 Å². The van der Waals surface area contributed by atoms with Crippen molar-refractivity contribution in [2.75, 3.05) is 4.90 Å². The fraction of sp³-hybridized carbons (Fsp3) is 0. The van der Waals surface area contributed by atoms with Crippen LogP contribution in [0.3, 0.4) is 0 Å². The van der Waals surface area contributed by atoms with Gasteiger partial charge in [-0.3, -0.25) is 0 Å². The van der Waals surface area contributed by atoms with E-state index in [4.69, 9.17) is 0 Å². The van der Waals surface area contributed by atoms with Gasteiger partial charge < -0.3 is 9.47 Å². The number of benzene rings is 9. The first-order valence-electron chi connectivity index (χ1n) is 20.1. The number of para-hydroxylation sites is 3. The maximum Gasteiger partial charge on any atom is 0.0727 e. The van der Waals surface area contributed by atoms with Gasteiger partial charge in [0.25, 0.3) is 0 Å². The predicted molar refractivity (Wildman–Crippen MR) is 253 cm³/mol. The topological polar surface area (TPSA) is 8.17 Å². The van der Waals surface area contributed by atoms with Gasteiger partial charge in [0.05, 0.1) is 21.4 Å². The van der Waals surface area contributed by atoms with E-state index in [1.54, 1.807) is 0 Å². The van der Waals surface area contributed by atoms with Crippen molar-refractivity contribution >= 4 is 59.6 Å². The van der Waals surface area contributed by atoms with Crippen molar-refractivity contribution < 1.29 is 0 Å².